The van der Waals surface area contributed by atoms with E-state index in [0.29, 0.717) is 24.4 Å². The molecular formula is C13H28N2O. The molecule has 1 heterocycles. The Morgan fingerprint density at radius 1 is 1.31 bits per heavy atom. The Labute approximate surface area is 101 Å². The highest BCUT2D eigenvalue weighted by atomic mass is 16.1. The summed E-state index contributed by atoms with van der Waals surface area (Å²) < 4.78 is 0. The number of nitrogens with zero attached hydrogens (tertiary/aromatic N) is 1. The minimum Gasteiger partial charge on any atom is -0.307 e. The normalized spacial score (nSPS) is 19.6. The van der Waals surface area contributed by atoms with Crippen molar-refractivity contribution in [2.45, 2.75) is 52.6 Å². The molecule has 0 bridgehead atoms. The minimum atomic E-state index is 0. The second-order valence-electron chi connectivity index (χ2n) is 5.41. The van der Waals surface area contributed by atoms with Gasteiger partial charge in [0.25, 0.3) is 0 Å². The van der Waals surface area contributed by atoms with Gasteiger partial charge in [0.05, 0.1) is 6.54 Å². The van der Waals surface area contributed by atoms with Crippen molar-refractivity contribution in [2.24, 2.45) is 5.92 Å². The molecule has 0 aromatic carbocycles. The van der Waals surface area contributed by atoms with Gasteiger partial charge in [0.1, 0.15) is 5.78 Å². The predicted molar refractivity (Wildman–Crippen MR) is 69.7 cm³/mol. The number of Topliss-reactive ketones (excluding diaryl/α,β-unsaturated/α-hetero) is 1. The van der Waals surface area contributed by atoms with Crippen LogP contribution in [0.2, 0.25) is 0 Å². The monoisotopic (exact) mass is 228 g/mol. The summed E-state index contributed by atoms with van der Waals surface area (Å²) in [6, 6.07) is 1.19. The highest BCUT2D eigenvalue weighted by Crippen LogP contribution is 2.12. The third kappa shape index (κ3) is 4.22. The number of ketones is 1. The molecule has 1 saturated heterocycles. The summed E-state index contributed by atoms with van der Waals surface area (Å²) in [6.45, 7) is 11.3. The van der Waals surface area contributed by atoms with Gasteiger partial charge in [-0.15, -0.1) is 0 Å². The number of hydrogen-bond donors (Lipinski definition) is 1. The zero-order valence-electron chi connectivity index (χ0n) is 11.1. The first kappa shape index (κ1) is 13.7. The van der Waals surface area contributed by atoms with Crippen LogP contribution in [0.4, 0.5) is 0 Å². The van der Waals surface area contributed by atoms with Crippen LogP contribution in [0.3, 0.4) is 0 Å². The quantitative estimate of drug-likeness (QED) is 0.780. The summed E-state index contributed by atoms with van der Waals surface area (Å²) in [6.07, 6.45) is 2.34. The molecule has 0 atom stereocenters. The maximum atomic E-state index is 11.5. The van der Waals surface area contributed by atoms with Crippen molar-refractivity contribution >= 4 is 5.78 Å². The molecule has 0 saturated carbocycles. The topological polar surface area (TPSA) is 32.3 Å². The van der Waals surface area contributed by atoms with E-state index < -0.39 is 0 Å². The molecule has 1 aliphatic heterocycles. The molecule has 1 aliphatic rings. The molecule has 0 radical (unpaired) electrons. The second-order valence-corrected chi connectivity index (χ2v) is 5.41. The van der Waals surface area contributed by atoms with E-state index in [1.54, 1.807) is 0 Å². The van der Waals surface area contributed by atoms with Gasteiger partial charge in [-0.2, -0.15) is 0 Å². The van der Waals surface area contributed by atoms with E-state index in [1.807, 2.05) is 13.8 Å². The summed E-state index contributed by atoms with van der Waals surface area (Å²) >= 11 is 0. The fraction of sp³-hybridized carbons (Fsp3) is 0.923. The Bertz CT molecular complexity index is 223. The first-order valence-electron chi connectivity index (χ1n) is 6.51. The molecule has 16 heavy (non-hydrogen) atoms. The van der Waals surface area contributed by atoms with Gasteiger partial charge in [0, 0.05) is 19.4 Å². The van der Waals surface area contributed by atoms with E-state index in [-0.39, 0.29) is 7.34 Å². The number of rotatable bonds is 5. The van der Waals surface area contributed by atoms with Gasteiger partial charge in [-0.1, -0.05) is 13.8 Å². The van der Waals surface area contributed by atoms with E-state index in [4.69, 9.17) is 0 Å². The first-order valence-corrected chi connectivity index (χ1v) is 6.51. The van der Waals surface area contributed by atoms with Crippen molar-refractivity contribution < 1.29 is 6.22 Å². The molecular weight excluding hydrogens is 200 g/mol. The predicted octanol–water partition coefficient (Wildman–Crippen LogP) is 1.92. The van der Waals surface area contributed by atoms with E-state index in [2.05, 4.69) is 24.1 Å². The summed E-state index contributed by atoms with van der Waals surface area (Å²) in [4.78, 5) is 14.0. The number of likely N-dealkylation sites (tertiary alicyclic amines) is 1. The molecule has 96 valence electrons. The summed E-state index contributed by atoms with van der Waals surface area (Å²) in [5, 5.41) is 3.39. The minimum absolute atomic E-state index is 0. The van der Waals surface area contributed by atoms with E-state index in [9.17, 15) is 4.79 Å². The lowest BCUT2D eigenvalue weighted by Gasteiger charge is -2.35. The Morgan fingerprint density at radius 3 is 2.31 bits per heavy atom. The maximum absolute atomic E-state index is 11.5. The molecule has 1 rings (SSSR count). The molecule has 0 amide bonds. The van der Waals surface area contributed by atoms with Crippen LogP contribution >= 0.6 is 0 Å². The zero-order chi connectivity index (χ0) is 12.1. The third-order valence-corrected chi connectivity index (χ3v) is 3.47. The van der Waals surface area contributed by atoms with Crippen molar-refractivity contribution in [2.75, 3.05) is 19.6 Å². The van der Waals surface area contributed by atoms with Crippen LogP contribution in [-0.2, 0) is 4.79 Å². The summed E-state index contributed by atoms with van der Waals surface area (Å²) in [7, 11) is 0. The summed E-state index contributed by atoms with van der Waals surface area (Å²) in [5.74, 6) is 0.481. The third-order valence-electron chi connectivity index (χ3n) is 3.47. The zero-order valence-corrected chi connectivity index (χ0v) is 11.1. The van der Waals surface area contributed by atoms with Gasteiger partial charge in [0.15, 0.2) is 0 Å². The SMILES string of the molecule is CC(C)C(=O)CNC1CCN(C(C)C)CC1.[HH]. The van der Waals surface area contributed by atoms with E-state index >= 15 is 0 Å². The van der Waals surface area contributed by atoms with Crippen LogP contribution in [0.5, 0.6) is 0 Å². The van der Waals surface area contributed by atoms with Gasteiger partial charge in [-0.25, -0.2) is 0 Å². The number of carbonyl (C=O) groups excluding carboxylic acids is 1. The Hall–Kier alpha value is -0.410. The van der Waals surface area contributed by atoms with Gasteiger partial charge >= 0.3 is 0 Å². The lowest BCUT2D eigenvalue weighted by atomic mass is 10.0. The summed E-state index contributed by atoms with van der Waals surface area (Å²) in [5.41, 5.74) is 0. The number of hydrogen-bond acceptors (Lipinski definition) is 3. The highest BCUT2D eigenvalue weighted by Gasteiger charge is 2.21. The first-order chi connectivity index (χ1) is 7.50. The van der Waals surface area contributed by atoms with Gasteiger partial charge in [-0.05, 0) is 39.8 Å². The molecule has 0 aromatic heterocycles. The molecule has 3 nitrogen and oxygen atoms in total. The lowest BCUT2D eigenvalue weighted by molar-refractivity contribution is -0.121. The number of carbonyl (C=O) groups is 1. The number of piperidine rings is 1. The van der Waals surface area contributed by atoms with Crippen LogP contribution in [0.25, 0.3) is 0 Å². The average molecular weight is 228 g/mol. The molecule has 1 fully saturated rings. The molecule has 0 spiro atoms. The Kier molecular flexibility index (Phi) is 5.42. The standard InChI is InChI=1S/C13H26N2O.H2/c1-10(2)13(16)9-14-12-5-7-15(8-6-12)11(3)4;/h10-12,14H,5-9H2,1-4H3;1H. The maximum Gasteiger partial charge on any atom is 0.149 e. The average Bonchev–Trinajstić information content (AvgIpc) is 2.26. The fourth-order valence-electron chi connectivity index (χ4n) is 2.07. The van der Waals surface area contributed by atoms with Crippen LogP contribution < -0.4 is 5.32 Å². The molecule has 3 heteroatoms. The van der Waals surface area contributed by atoms with Crippen LogP contribution in [0.15, 0.2) is 0 Å². The lowest BCUT2D eigenvalue weighted by Crippen LogP contribution is -2.46. The van der Waals surface area contributed by atoms with Crippen molar-refractivity contribution in [3.05, 3.63) is 0 Å². The molecule has 1 N–H and O–H groups in total. The largest absolute Gasteiger partial charge is 0.307 e. The van der Waals surface area contributed by atoms with Crippen molar-refractivity contribution in [1.29, 1.82) is 0 Å². The Morgan fingerprint density at radius 2 is 1.88 bits per heavy atom. The fourth-order valence-corrected chi connectivity index (χ4v) is 2.07. The molecule has 0 aliphatic carbocycles. The van der Waals surface area contributed by atoms with Crippen molar-refractivity contribution in [1.82, 2.24) is 10.2 Å². The van der Waals surface area contributed by atoms with Crippen molar-refractivity contribution in [3.8, 4) is 0 Å². The van der Waals surface area contributed by atoms with E-state index in [0.717, 1.165) is 13.1 Å². The van der Waals surface area contributed by atoms with Crippen LogP contribution in [-0.4, -0.2) is 42.4 Å². The molecule has 0 aromatic rings. The number of nitrogens with one attached hydrogen (secondary N) is 1. The second kappa shape index (κ2) is 6.36. The molecule has 0 unspecified atom stereocenters. The van der Waals surface area contributed by atoms with Crippen molar-refractivity contribution in [3.63, 3.8) is 0 Å². The van der Waals surface area contributed by atoms with Crippen LogP contribution in [0, 0.1) is 5.92 Å². The Balaban J connectivity index is 0.00000256. The van der Waals surface area contributed by atoms with E-state index in [1.165, 1.54) is 12.8 Å². The highest BCUT2D eigenvalue weighted by molar-refractivity contribution is 5.82. The smallest absolute Gasteiger partial charge is 0.149 e. The van der Waals surface area contributed by atoms with Gasteiger partial charge < -0.3 is 10.2 Å². The van der Waals surface area contributed by atoms with Crippen LogP contribution in [0.1, 0.15) is 42.0 Å². The van der Waals surface area contributed by atoms with Gasteiger partial charge in [-0.3, -0.25) is 4.79 Å². The van der Waals surface area contributed by atoms with Gasteiger partial charge in [0.2, 0.25) is 0 Å².